The zero-order chi connectivity index (χ0) is 29.5. The number of halogens is 5. The molecule has 9 nitrogen and oxygen atoms in total. The number of carbonyl (C=O) groups is 2. The lowest BCUT2D eigenvalue weighted by Crippen LogP contribution is -2.47. The third-order valence-electron chi connectivity index (χ3n) is 7.92. The van der Waals surface area contributed by atoms with Gasteiger partial charge in [-0.25, -0.2) is 18.3 Å². The van der Waals surface area contributed by atoms with Gasteiger partial charge in [0, 0.05) is 44.0 Å². The van der Waals surface area contributed by atoms with Crippen molar-refractivity contribution < 1.29 is 31.5 Å². The number of fused-ring (bicyclic) bond motifs is 1. The SMILES string of the molecule is CC(C)n1nccc1C(=O)NC(c1cn2nc(CC3C[C@H](C(F)(F)F)CNC3=O)ccc2n1)[C@H]1CCCC(F)(F)C1. The fraction of sp³-hybridized carbons (Fsp3) is 0.593. The Morgan fingerprint density at radius 1 is 1.24 bits per heavy atom. The average molecular weight is 582 g/mol. The molecule has 1 aliphatic heterocycles. The van der Waals surface area contributed by atoms with Crippen LogP contribution < -0.4 is 10.6 Å². The number of imidazole rings is 1. The number of hydrogen-bond acceptors (Lipinski definition) is 5. The number of nitrogens with zero attached hydrogens (tertiary/aromatic N) is 5. The van der Waals surface area contributed by atoms with Crippen LogP contribution in [0.2, 0.25) is 0 Å². The van der Waals surface area contributed by atoms with Crippen LogP contribution in [0.15, 0.2) is 30.6 Å². The van der Waals surface area contributed by atoms with Crippen LogP contribution in [0.5, 0.6) is 0 Å². The largest absolute Gasteiger partial charge is 0.393 e. The highest BCUT2D eigenvalue weighted by Gasteiger charge is 2.45. The Balaban J connectivity index is 1.41. The molecule has 2 unspecified atom stereocenters. The van der Waals surface area contributed by atoms with E-state index >= 15 is 0 Å². The molecule has 2 aliphatic rings. The molecule has 0 aromatic carbocycles. The molecule has 222 valence electrons. The number of nitrogens with one attached hydrogen (secondary N) is 2. The number of aromatic nitrogens is 5. The highest BCUT2D eigenvalue weighted by molar-refractivity contribution is 5.92. The molecule has 1 saturated heterocycles. The molecular weight excluding hydrogens is 549 g/mol. The molecule has 0 radical (unpaired) electrons. The highest BCUT2D eigenvalue weighted by Crippen LogP contribution is 2.42. The molecule has 14 heteroatoms. The van der Waals surface area contributed by atoms with Gasteiger partial charge in [0.25, 0.3) is 5.91 Å². The average Bonchev–Trinajstić information content (AvgIpc) is 3.54. The molecule has 2 N–H and O–H groups in total. The molecule has 5 rings (SSSR count). The zero-order valence-electron chi connectivity index (χ0n) is 22.7. The Hall–Kier alpha value is -3.58. The standard InChI is InChI=1S/C27H32F5N7O2/c1-15(2)39-21(7-9-34-39)25(41)36-23(16-4-3-8-26(28,29)12-16)20-14-38-22(35-20)6-5-19(37-38)11-17-10-18(27(30,31)32)13-33-24(17)40/h5-7,9,14-18,23H,3-4,8,10-13H2,1-2H3,(H,33,40)(H,36,41)/t16-,17?,18-,23?/m0/s1. The summed E-state index contributed by atoms with van der Waals surface area (Å²) in [5.41, 5.74) is 1.39. The van der Waals surface area contributed by atoms with E-state index in [1.165, 1.54) is 16.9 Å². The molecular formula is C27H32F5N7O2. The van der Waals surface area contributed by atoms with Crippen molar-refractivity contribution >= 4 is 17.5 Å². The summed E-state index contributed by atoms with van der Waals surface area (Å²) in [6, 6.07) is 3.81. The van der Waals surface area contributed by atoms with Crippen LogP contribution in [-0.2, 0) is 11.2 Å². The van der Waals surface area contributed by atoms with Crippen molar-refractivity contribution in [1.29, 1.82) is 0 Å². The van der Waals surface area contributed by atoms with Crippen LogP contribution in [-0.4, -0.2) is 54.8 Å². The van der Waals surface area contributed by atoms with E-state index < -0.39 is 60.7 Å². The predicted octanol–water partition coefficient (Wildman–Crippen LogP) is 4.66. The number of piperidine rings is 1. The van der Waals surface area contributed by atoms with E-state index in [0.717, 1.165) is 0 Å². The first-order chi connectivity index (χ1) is 19.3. The monoisotopic (exact) mass is 581 g/mol. The number of hydrogen-bond donors (Lipinski definition) is 2. The molecule has 4 atom stereocenters. The molecule has 2 fully saturated rings. The van der Waals surface area contributed by atoms with E-state index in [2.05, 4.69) is 25.8 Å². The Morgan fingerprint density at radius 3 is 2.73 bits per heavy atom. The summed E-state index contributed by atoms with van der Waals surface area (Å²) in [6.45, 7) is 3.30. The molecule has 2 amide bonds. The minimum Gasteiger partial charge on any atom is -0.355 e. The summed E-state index contributed by atoms with van der Waals surface area (Å²) in [7, 11) is 0. The third-order valence-corrected chi connectivity index (χ3v) is 7.92. The normalized spacial score (nSPS) is 23.9. The Bertz CT molecular complexity index is 1420. The number of alkyl halides is 5. The second-order valence-electron chi connectivity index (χ2n) is 11.3. The maximum absolute atomic E-state index is 14.5. The first-order valence-electron chi connectivity index (χ1n) is 13.7. The first-order valence-corrected chi connectivity index (χ1v) is 13.7. The van der Waals surface area contributed by atoms with Crippen molar-refractivity contribution in [2.75, 3.05) is 6.54 Å². The van der Waals surface area contributed by atoms with E-state index in [1.807, 2.05) is 13.8 Å². The Labute approximate surface area is 232 Å². The van der Waals surface area contributed by atoms with Crippen molar-refractivity contribution in [3.63, 3.8) is 0 Å². The van der Waals surface area contributed by atoms with E-state index in [4.69, 9.17) is 0 Å². The van der Waals surface area contributed by atoms with Crippen molar-refractivity contribution in [3.8, 4) is 0 Å². The van der Waals surface area contributed by atoms with Gasteiger partial charge in [0.15, 0.2) is 5.65 Å². The fourth-order valence-electron chi connectivity index (χ4n) is 5.83. The maximum atomic E-state index is 14.5. The number of rotatable bonds is 7. The van der Waals surface area contributed by atoms with E-state index in [-0.39, 0.29) is 25.3 Å². The zero-order valence-corrected chi connectivity index (χ0v) is 22.7. The van der Waals surface area contributed by atoms with Crippen LogP contribution in [0.1, 0.15) is 79.9 Å². The second kappa shape index (κ2) is 11.0. The van der Waals surface area contributed by atoms with E-state index in [1.54, 1.807) is 22.9 Å². The summed E-state index contributed by atoms with van der Waals surface area (Å²) in [4.78, 5) is 30.2. The van der Waals surface area contributed by atoms with E-state index in [0.29, 0.717) is 35.6 Å². The van der Waals surface area contributed by atoms with Gasteiger partial charge in [-0.05, 0) is 57.2 Å². The van der Waals surface area contributed by atoms with Gasteiger partial charge in [0.2, 0.25) is 11.8 Å². The lowest BCUT2D eigenvalue weighted by atomic mass is 9.80. The van der Waals surface area contributed by atoms with Gasteiger partial charge in [-0.2, -0.15) is 23.4 Å². The fourth-order valence-corrected chi connectivity index (χ4v) is 5.83. The maximum Gasteiger partial charge on any atom is 0.393 e. The van der Waals surface area contributed by atoms with Gasteiger partial charge in [0.1, 0.15) is 5.69 Å². The van der Waals surface area contributed by atoms with Crippen molar-refractivity contribution in [3.05, 3.63) is 47.7 Å². The lowest BCUT2D eigenvalue weighted by molar-refractivity contribution is -0.183. The summed E-state index contributed by atoms with van der Waals surface area (Å²) < 4.78 is 71.6. The van der Waals surface area contributed by atoms with Gasteiger partial charge < -0.3 is 10.6 Å². The molecule has 4 heterocycles. The Morgan fingerprint density at radius 2 is 2.02 bits per heavy atom. The summed E-state index contributed by atoms with van der Waals surface area (Å²) in [5, 5.41) is 13.9. The van der Waals surface area contributed by atoms with Gasteiger partial charge in [0.05, 0.1) is 29.5 Å². The topological polar surface area (TPSA) is 106 Å². The highest BCUT2D eigenvalue weighted by atomic mass is 19.4. The smallest absolute Gasteiger partial charge is 0.355 e. The predicted molar refractivity (Wildman–Crippen MR) is 137 cm³/mol. The number of amides is 2. The van der Waals surface area contributed by atoms with Crippen molar-refractivity contribution in [2.45, 2.75) is 76.6 Å². The molecule has 0 bridgehead atoms. The minimum absolute atomic E-state index is 0.00390. The molecule has 3 aromatic heterocycles. The quantitative estimate of drug-likeness (QED) is 0.395. The van der Waals surface area contributed by atoms with Gasteiger partial charge >= 0.3 is 6.18 Å². The van der Waals surface area contributed by atoms with Crippen LogP contribution in [0.3, 0.4) is 0 Å². The van der Waals surface area contributed by atoms with Crippen LogP contribution in [0.25, 0.3) is 5.65 Å². The minimum atomic E-state index is -4.41. The van der Waals surface area contributed by atoms with Crippen LogP contribution in [0, 0.1) is 17.8 Å². The lowest BCUT2D eigenvalue weighted by Gasteiger charge is -2.34. The summed E-state index contributed by atoms with van der Waals surface area (Å²) in [5.74, 6) is -6.91. The molecule has 3 aromatic rings. The van der Waals surface area contributed by atoms with Crippen LogP contribution in [0.4, 0.5) is 22.0 Å². The van der Waals surface area contributed by atoms with Gasteiger partial charge in [-0.1, -0.05) is 0 Å². The molecule has 41 heavy (non-hydrogen) atoms. The van der Waals surface area contributed by atoms with Gasteiger partial charge in [-0.15, -0.1) is 0 Å². The molecule has 0 spiro atoms. The van der Waals surface area contributed by atoms with Crippen molar-refractivity contribution in [1.82, 2.24) is 35.0 Å². The molecule has 1 aliphatic carbocycles. The van der Waals surface area contributed by atoms with Crippen LogP contribution >= 0.6 is 0 Å². The molecule has 1 saturated carbocycles. The third kappa shape index (κ3) is 6.35. The summed E-state index contributed by atoms with van der Waals surface area (Å²) >= 11 is 0. The first kappa shape index (κ1) is 28.9. The second-order valence-corrected chi connectivity index (χ2v) is 11.3. The summed E-state index contributed by atoms with van der Waals surface area (Å²) in [6.07, 6.45) is -1.58. The number of carbonyl (C=O) groups excluding carboxylic acids is 2. The van der Waals surface area contributed by atoms with Crippen molar-refractivity contribution in [2.24, 2.45) is 17.8 Å². The van der Waals surface area contributed by atoms with Gasteiger partial charge in [-0.3, -0.25) is 14.3 Å². The van der Waals surface area contributed by atoms with E-state index in [9.17, 15) is 31.5 Å². The Kier molecular flexibility index (Phi) is 7.77.